The van der Waals surface area contributed by atoms with E-state index in [9.17, 15) is 14.7 Å². The summed E-state index contributed by atoms with van der Waals surface area (Å²) in [5.74, 6) is -1.30. The molecule has 0 saturated carbocycles. The van der Waals surface area contributed by atoms with Crippen molar-refractivity contribution in [2.45, 2.75) is 31.9 Å². The van der Waals surface area contributed by atoms with Crippen molar-refractivity contribution in [3.63, 3.8) is 0 Å². The molecule has 1 heterocycles. The molecule has 74 valence electrons. The summed E-state index contributed by atoms with van der Waals surface area (Å²) in [5, 5.41) is 18.0. The number of rotatable bonds is 1. The molecule has 5 nitrogen and oxygen atoms in total. The van der Waals surface area contributed by atoms with Crippen LogP contribution >= 0.6 is 0 Å². The number of carbonyl (C=O) groups excluding carboxylic acids is 1. The molecule has 13 heavy (non-hydrogen) atoms. The minimum Gasteiger partial charge on any atom is -0.480 e. The molecule has 0 aromatic carbocycles. The molecule has 0 aromatic heterocycles. The zero-order valence-corrected chi connectivity index (χ0v) is 7.43. The summed E-state index contributed by atoms with van der Waals surface area (Å²) in [6.45, 7) is 1.44. The number of aliphatic carboxylic acids is 1. The van der Waals surface area contributed by atoms with Crippen LogP contribution in [0.15, 0.2) is 0 Å². The molecule has 1 saturated heterocycles. The number of β-amino-alcohol motifs (C(OH)–C–C–N with tert-alkyl or cyclic N) is 1. The normalized spacial score (nSPS) is 28.6. The van der Waals surface area contributed by atoms with Crippen molar-refractivity contribution in [1.82, 2.24) is 4.90 Å². The van der Waals surface area contributed by atoms with Crippen molar-refractivity contribution >= 4 is 11.9 Å². The van der Waals surface area contributed by atoms with Crippen LogP contribution in [0.2, 0.25) is 0 Å². The maximum absolute atomic E-state index is 11.0. The maximum atomic E-state index is 11.0. The molecule has 0 unspecified atom stereocenters. The summed E-state index contributed by atoms with van der Waals surface area (Å²) in [7, 11) is 0. The second kappa shape index (κ2) is 3.74. The topological polar surface area (TPSA) is 77.8 Å². The highest BCUT2D eigenvalue weighted by molar-refractivity contribution is 5.82. The number of carboxylic acids is 1. The highest BCUT2D eigenvalue weighted by Gasteiger charge is 2.33. The first-order valence-electron chi connectivity index (χ1n) is 4.20. The highest BCUT2D eigenvalue weighted by atomic mass is 16.4. The summed E-state index contributed by atoms with van der Waals surface area (Å²) >= 11 is 0. The molecule has 2 N–H and O–H groups in total. The summed E-state index contributed by atoms with van der Waals surface area (Å²) in [5.41, 5.74) is 0. The number of hydrogen-bond donors (Lipinski definition) is 2. The number of nitrogens with zero attached hydrogens (tertiary/aromatic N) is 1. The number of aliphatic hydroxyl groups excluding tert-OH is 1. The lowest BCUT2D eigenvalue weighted by atomic mass is 10.0. The Balaban J connectivity index is 2.72. The van der Waals surface area contributed by atoms with Crippen LogP contribution in [0, 0.1) is 0 Å². The van der Waals surface area contributed by atoms with Crippen molar-refractivity contribution in [2.24, 2.45) is 0 Å². The predicted octanol–water partition coefficient (Wildman–Crippen LogP) is -0.557. The number of hydrogen-bond acceptors (Lipinski definition) is 3. The van der Waals surface area contributed by atoms with Crippen molar-refractivity contribution in [3.05, 3.63) is 0 Å². The van der Waals surface area contributed by atoms with Gasteiger partial charge in [-0.3, -0.25) is 4.79 Å². The second-order valence-electron chi connectivity index (χ2n) is 3.26. The van der Waals surface area contributed by atoms with Crippen LogP contribution in [0.25, 0.3) is 0 Å². The van der Waals surface area contributed by atoms with Crippen LogP contribution in [0.3, 0.4) is 0 Å². The van der Waals surface area contributed by atoms with Crippen LogP contribution in [-0.2, 0) is 9.59 Å². The third kappa shape index (κ3) is 2.18. The minimum absolute atomic E-state index is 0.131. The number of likely N-dealkylation sites (tertiary alicyclic amines) is 1. The molecule has 0 aliphatic carbocycles. The molecule has 5 heteroatoms. The van der Waals surface area contributed by atoms with Crippen molar-refractivity contribution in [3.8, 4) is 0 Å². The lowest BCUT2D eigenvalue weighted by Crippen LogP contribution is -2.51. The molecule has 0 spiro atoms. The number of piperidine rings is 1. The summed E-state index contributed by atoms with van der Waals surface area (Å²) in [4.78, 5) is 22.9. The van der Waals surface area contributed by atoms with Gasteiger partial charge in [-0.15, -0.1) is 0 Å². The monoisotopic (exact) mass is 187 g/mol. The molecule has 0 bridgehead atoms. The van der Waals surface area contributed by atoms with Crippen LogP contribution in [0.1, 0.15) is 19.8 Å². The molecule has 2 atom stereocenters. The Morgan fingerprint density at radius 2 is 2.00 bits per heavy atom. The molecular weight excluding hydrogens is 174 g/mol. The molecular formula is C8H13NO4. The van der Waals surface area contributed by atoms with Gasteiger partial charge in [-0.25, -0.2) is 4.79 Å². The van der Waals surface area contributed by atoms with Gasteiger partial charge in [0.1, 0.15) is 6.04 Å². The van der Waals surface area contributed by atoms with Gasteiger partial charge in [-0.05, 0) is 12.8 Å². The maximum Gasteiger partial charge on any atom is 0.326 e. The average Bonchev–Trinajstić information content (AvgIpc) is 2.03. The lowest BCUT2D eigenvalue weighted by molar-refractivity contribution is -0.153. The van der Waals surface area contributed by atoms with Gasteiger partial charge in [0, 0.05) is 13.5 Å². The molecule has 1 aliphatic rings. The van der Waals surface area contributed by atoms with E-state index in [4.69, 9.17) is 5.11 Å². The van der Waals surface area contributed by atoms with Crippen LogP contribution in [-0.4, -0.2) is 45.7 Å². The number of amides is 1. The number of aliphatic hydroxyl groups is 1. The third-order valence-corrected chi connectivity index (χ3v) is 2.25. The van der Waals surface area contributed by atoms with Gasteiger partial charge in [0.05, 0.1) is 6.10 Å². The van der Waals surface area contributed by atoms with Crippen LogP contribution in [0.5, 0.6) is 0 Å². The quantitative estimate of drug-likeness (QED) is 0.577. The van der Waals surface area contributed by atoms with E-state index in [0.717, 1.165) is 0 Å². The summed E-state index contributed by atoms with van der Waals surface area (Å²) in [6, 6.07) is -0.763. The smallest absolute Gasteiger partial charge is 0.326 e. The first-order chi connectivity index (χ1) is 6.02. The van der Waals surface area contributed by atoms with Gasteiger partial charge < -0.3 is 15.1 Å². The van der Waals surface area contributed by atoms with E-state index >= 15 is 0 Å². The minimum atomic E-state index is -0.998. The van der Waals surface area contributed by atoms with Crippen molar-refractivity contribution in [2.75, 3.05) is 6.54 Å². The summed E-state index contributed by atoms with van der Waals surface area (Å²) in [6.07, 6.45) is 0.191. The fraction of sp³-hybridized carbons (Fsp3) is 0.750. The second-order valence-corrected chi connectivity index (χ2v) is 3.26. The fourth-order valence-electron chi connectivity index (χ4n) is 1.56. The molecule has 0 aromatic rings. The Morgan fingerprint density at radius 1 is 1.38 bits per heavy atom. The zero-order chi connectivity index (χ0) is 10.0. The predicted molar refractivity (Wildman–Crippen MR) is 44.1 cm³/mol. The van der Waals surface area contributed by atoms with E-state index in [1.807, 2.05) is 0 Å². The number of carbonyl (C=O) groups is 2. The Labute approximate surface area is 76.0 Å². The van der Waals surface area contributed by atoms with Gasteiger partial charge >= 0.3 is 5.97 Å². The first-order valence-corrected chi connectivity index (χ1v) is 4.20. The Morgan fingerprint density at radius 3 is 2.46 bits per heavy atom. The van der Waals surface area contributed by atoms with Gasteiger partial charge in [0.25, 0.3) is 0 Å². The zero-order valence-electron chi connectivity index (χ0n) is 7.43. The third-order valence-electron chi connectivity index (χ3n) is 2.25. The van der Waals surface area contributed by atoms with Gasteiger partial charge in [-0.1, -0.05) is 0 Å². The lowest BCUT2D eigenvalue weighted by Gasteiger charge is -2.34. The Hall–Kier alpha value is -1.10. The summed E-state index contributed by atoms with van der Waals surface area (Å²) < 4.78 is 0. The van der Waals surface area contributed by atoms with E-state index in [2.05, 4.69) is 0 Å². The van der Waals surface area contributed by atoms with E-state index in [1.54, 1.807) is 0 Å². The molecule has 1 amide bonds. The SMILES string of the molecule is CC(=O)N1C[C@@H](O)CC[C@@H]1C(=O)O. The average molecular weight is 187 g/mol. The van der Waals surface area contributed by atoms with Gasteiger partial charge in [0.2, 0.25) is 5.91 Å². The largest absolute Gasteiger partial charge is 0.480 e. The Bertz CT molecular complexity index is 228. The van der Waals surface area contributed by atoms with Gasteiger partial charge in [-0.2, -0.15) is 0 Å². The Kier molecular flexibility index (Phi) is 2.87. The van der Waals surface area contributed by atoms with Crippen molar-refractivity contribution < 1.29 is 19.8 Å². The van der Waals surface area contributed by atoms with E-state index in [1.165, 1.54) is 11.8 Å². The van der Waals surface area contributed by atoms with Crippen LogP contribution in [0.4, 0.5) is 0 Å². The standard InChI is InChI=1S/C8H13NO4/c1-5(10)9-4-6(11)2-3-7(9)8(12)13/h6-7,11H,2-4H2,1H3,(H,12,13)/t6-,7+/m0/s1. The van der Waals surface area contributed by atoms with E-state index < -0.39 is 18.1 Å². The molecule has 1 rings (SSSR count). The first kappa shape index (κ1) is 9.98. The molecule has 0 radical (unpaired) electrons. The van der Waals surface area contributed by atoms with E-state index in [-0.39, 0.29) is 12.5 Å². The van der Waals surface area contributed by atoms with Gasteiger partial charge in [0.15, 0.2) is 0 Å². The van der Waals surface area contributed by atoms with Crippen molar-refractivity contribution in [1.29, 1.82) is 0 Å². The number of carboxylic acid groups (broad SMARTS) is 1. The molecule has 1 fully saturated rings. The fourth-order valence-corrected chi connectivity index (χ4v) is 1.56. The van der Waals surface area contributed by atoms with E-state index in [0.29, 0.717) is 12.8 Å². The molecule has 1 aliphatic heterocycles. The van der Waals surface area contributed by atoms with Crippen LogP contribution < -0.4 is 0 Å². The highest BCUT2D eigenvalue weighted by Crippen LogP contribution is 2.17.